The molecule has 0 atom stereocenters. The Bertz CT molecular complexity index is 488. The van der Waals surface area contributed by atoms with Crippen molar-refractivity contribution < 1.29 is 32.7 Å². The number of alkyl halides is 3. The van der Waals surface area contributed by atoms with E-state index < -0.39 is 40.8 Å². The lowest BCUT2D eigenvalue weighted by Gasteiger charge is -2.08. The first-order chi connectivity index (χ1) is 8.20. The van der Waals surface area contributed by atoms with Gasteiger partial charge in [-0.05, 0) is 0 Å². The molecule has 10 heteroatoms. The molecule has 1 aromatic rings. The fraction of sp³-hybridized carbons (Fsp3) is 0.250. The number of nitro groups is 1. The summed E-state index contributed by atoms with van der Waals surface area (Å²) in [6, 6.07) is 0.570. The van der Waals surface area contributed by atoms with Crippen LogP contribution in [0.25, 0.3) is 0 Å². The summed E-state index contributed by atoms with van der Waals surface area (Å²) in [4.78, 5) is 23.2. The summed E-state index contributed by atoms with van der Waals surface area (Å²) in [6.45, 7) is -1.76. The smallest absolute Gasteiger partial charge is 0.422 e. The van der Waals surface area contributed by atoms with Gasteiger partial charge in [-0.25, -0.2) is 9.78 Å². The first-order valence-corrected chi connectivity index (χ1v) is 4.28. The van der Waals surface area contributed by atoms with Crippen molar-refractivity contribution >= 4 is 11.7 Å². The third kappa shape index (κ3) is 3.57. The van der Waals surface area contributed by atoms with E-state index in [9.17, 15) is 28.1 Å². The van der Waals surface area contributed by atoms with Gasteiger partial charge in [-0.3, -0.25) is 10.1 Å². The number of carboxylic acids is 1. The maximum atomic E-state index is 11.9. The van der Waals surface area contributed by atoms with E-state index in [2.05, 4.69) is 9.72 Å². The molecule has 0 bridgehead atoms. The van der Waals surface area contributed by atoms with E-state index in [-0.39, 0.29) is 0 Å². The largest absolute Gasteiger partial charge is 0.478 e. The molecule has 1 heterocycles. The number of pyridine rings is 1. The highest BCUT2D eigenvalue weighted by molar-refractivity contribution is 5.88. The molecule has 1 N–H and O–H groups in total. The summed E-state index contributed by atoms with van der Waals surface area (Å²) in [7, 11) is 0. The maximum Gasteiger partial charge on any atom is 0.422 e. The number of carbonyl (C=O) groups is 1. The lowest BCUT2D eigenvalue weighted by atomic mass is 10.2. The molecule has 0 aliphatic heterocycles. The molecule has 0 unspecified atom stereocenters. The fourth-order valence-electron chi connectivity index (χ4n) is 0.950. The number of aromatic nitrogens is 1. The second kappa shape index (κ2) is 4.85. The number of halogens is 3. The summed E-state index contributed by atoms with van der Waals surface area (Å²) in [5, 5.41) is 19.1. The molecule has 0 saturated heterocycles. The van der Waals surface area contributed by atoms with Crippen LogP contribution in [0.2, 0.25) is 0 Å². The first-order valence-electron chi connectivity index (χ1n) is 4.28. The van der Waals surface area contributed by atoms with Crippen molar-refractivity contribution in [3.8, 4) is 5.88 Å². The van der Waals surface area contributed by atoms with Crippen LogP contribution >= 0.6 is 0 Å². The Morgan fingerprint density at radius 3 is 2.61 bits per heavy atom. The van der Waals surface area contributed by atoms with Gasteiger partial charge in [-0.1, -0.05) is 0 Å². The highest BCUT2D eigenvalue weighted by Gasteiger charge is 2.31. The van der Waals surface area contributed by atoms with Crippen LogP contribution in [0.5, 0.6) is 5.88 Å². The third-order valence-electron chi connectivity index (χ3n) is 1.65. The van der Waals surface area contributed by atoms with Crippen LogP contribution in [0.4, 0.5) is 18.9 Å². The predicted molar refractivity (Wildman–Crippen MR) is 49.4 cm³/mol. The maximum absolute atomic E-state index is 11.9. The molecule has 0 spiro atoms. The predicted octanol–water partition coefficient (Wildman–Crippen LogP) is 1.63. The average molecular weight is 266 g/mol. The molecule has 0 radical (unpaired) electrons. The molecule has 0 fully saturated rings. The highest BCUT2D eigenvalue weighted by atomic mass is 19.4. The molecule has 0 aromatic carbocycles. The molecule has 98 valence electrons. The lowest BCUT2D eigenvalue weighted by molar-refractivity contribution is -0.386. The van der Waals surface area contributed by atoms with Crippen molar-refractivity contribution in [2.75, 3.05) is 6.61 Å². The van der Waals surface area contributed by atoms with Crippen molar-refractivity contribution in [1.82, 2.24) is 4.98 Å². The van der Waals surface area contributed by atoms with Crippen LogP contribution in [-0.2, 0) is 0 Å². The van der Waals surface area contributed by atoms with Gasteiger partial charge in [0.05, 0.1) is 10.5 Å². The summed E-state index contributed by atoms with van der Waals surface area (Å²) in [6.07, 6.45) is -4.01. The van der Waals surface area contributed by atoms with Crippen LogP contribution in [0, 0.1) is 10.1 Å². The lowest BCUT2D eigenvalue weighted by Crippen LogP contribution is -2.20. The minimum absolute atomic E-state index is 0.527. The van der Waals surface area contributed by atoms with Crippen molar-refractivity contribution in [3.05, 3.63) is 27.9 Å². The van der Waals surface area contributed by atoms with Gasteiger partial charge in [-0.2, -0.15) is 13.2 Å². The molecule has 18 heavy (non-hydrogen) atoms. The number of carboxylic acid groups (broad SMARTS) is 1. The normalized spacial score (nSPS) is 11.1. The third-order valence-corrected chi connectivity index (χ3v) is 1.65. The zero-order valence-electron chi connectivity index (χ0n) is 8.47. The average Bonchev–Trinajstić information content (AvgIpc) is 2.24. The van der Waals surface area contributed by atoms with E-state index in [1.165, 1.54) is 0 Å². The summed E-state index contributed by atoms with van der Waals surface area (Å²) >= 11 is 0. The Morgan fingerprint density at radius 2 is 2.17 bits per heavy atom. The number of hydrogen-bond acceptors (Lipinski definition) is 5. The Hall–Kier alpha value is -2.39. The Labute approximate surface area is 97.0 Å². The van der Waals surface area contributed by atoms with Gasteiger partial charge in [0.15, 0.2) is 6.61 Å². The molecule has 0 aliphatic carbocycles. The van der Waals surface area contributed by atoms with Crippen molar-refractivity contribution in [3.63, 3.8) is 0 Å². The topological polar surface area (TPSA) is 103 Å². The standard InChI is InChI=1S/C8H5F3N2O5/c9-8(10,11)3-18-6-5(13(16)17)1-4(2-12-6)7(14)15/h1-2H,3H2,(H,14,15). The van der Waals surface area contributed by atoms with Crippen molar-refractivity contribution in [2.45, 2.75) is 6.18 Å². The zero-order chi connectivity index (χ0) is 13.9. The monoisotopic (exact) mass is 266 g/mol. The van der Waals surface area contributed by atoms with Crippen LogP contribution < -0.4 is 4.74 Å². The van der Waals surface area contributed by atoms with Gasteiger partial charge in [0, 0.05) is 12.3 Å². The molecular weight excluding hydrogens is 261 g/mol. The molecule has 7 nitrogen and oxygen atoms in total. The molecule has 1 aromatic heterocycles. The molecule has 0 aliphatic rings. The van der Waals surface area contributed by atoms with Crippen molar-refractivity contribution in [2.24, 2.45) is 0 Å². The van der Waals surface area contributed by atoms with E-state index in [1.807, 2.05) is 0 Å². The number of aromatic carboxylic acids is 1. The quantitative estimate of drug-likeness (QED) is 0.656. The van der Waals surface area contributed by atoms with Gasteiger partial charge in [0.2, 0.25) is 0 Å². The van der Waals surface area contributed by atoms with E-state index in [0.29, 0.717) is 12.3 Å². The number of hydrogen-bond donors (Lipinski definition) is 1. The minimum atomic E-state index is -4.68. The van der Waals surface area contributed by atoms with E-state index in [0.717, 1.165) is 0 Å². The molecular formula is C8H5F3N2O5. The van der Waals surface area contributed by atoms with Gasteiger partial charge in [0.1, 0.15) is 0 Å². The Kier molecular flexibility index (Phi) is 3.69. The summed E-state index contributed by atoms with van der Waals surface area (Å²) in [5.74, 6) is -2.38. The van der Waals surface area contributed by atoms with Crippen LogP contribution in [0.15, 0.2) is 12.3 Å². The number of ether oxygens (including phenoxy) is 1. The van der Waals surface area contributed by atoms with Gasteiger partial charge in [-0.15, -0.1) is 0 Å². The first kappa shape index (κ1) is 13.7. The van der Waals surface area contributed by atoms with E-state index in [1.54, 1.807) is 0 Å². The highest BCUT2D eigenvalue weighted by Crippen LogP contribution is 2.27. The fourth-order valence-corrected chi connectivity index (χ4v) is 0.950. The van der Waals surface area contributed by atoms with E-state index in [4.69, 9.17) is 5.11 Å². The zero-order valence-corrected chi connectivity index (χ0v) is 8.47. The second-order valence-corrected chi connectivity index (χ2v) is 3.01. The van der Waals surface area contributed by atoms with Gasteiger partial charge in [0.25, 0.3) is 5.88 Å². The Balaban J connectivity index is 3.05. The van der Waals surface area contributed by atoms with Crippen LogP contribution in [-0.4, -0.2) is 33.8 Å². The van der Waals surface area contributed by atoms with E-state index >= 15 is 0 Å². The molecule has 1 rings (SSSR count). The number of nitrogens with zero attached hydrogens (tertiary/aromatic N) is 2. The number of rotatable bonds is 4. The molecule has 0 amide bonds. The second-order valence-electron chi connectivity index (χ2n) is 3.01. The SMILES string of the molecule is O=C(O)c1cnc(OCC(F)(F)F)c([N+](=O)[O-])c1. The van der Waals surface area contributed by atoms with Gasteiger partial charge >= 0.3 is 17.8 Å². The van der Waals surface area contributed by atoms with Crippen LogP contribution in [0.3, 0.4) is 0 Å². The van der Waals surface area contributed by atoms with Gasteiger partial charge < -0.3 is 9.84 Å². The summed E-state index contributed by atoms with van der Waals surface area (Å²) in [5.41, 5.74) is -1.47. The molecule has 0 saturated carbocycles. The van der Waals surface area contributed by atoms with Crippen molar-refractivity contribution in [1.29, 1.82) is 0 Å². The van der Waals surface area contributed by atoms with Crippen LogP contribution in [0.1, 0.15) is 10.4 Å². The Morgan fingerprint density at radius 1 is 1.56 bits per heavy atom. The minimum Gasteiger partial charge on any atom is -0.478 e. The summed E-state index contributed by atoms with van der Waals surface area (Å²) < 4.78 is 39.7.